The van der Waals surface area contributed by atoms with Crippen LogP contribution in [0, 0.1) is 5.82 Å². The second kappa shape index (κ2) is 6.41. The number of hydrogen-bond acceptors (Lipinski definition) is 2. The highest BCUT2D eigenvalue weighted by Gasteiger charge is 2.34. The summed E-state index contributed by atoms with van der Waals surface area (Å²) in [5.41, 5.74) is 4.32. The van der Waals surface area contributed by atoms with Crippen LogP contribution in [0.25, 0.3) is 11.1 Å². The average molecular weight is 371 g/mol. The first-order valence-electron chi connectivity index (χ1n) is 9.45. The smallest absolute Gasteiger partial charge is 0.254 e. The summed E-state index contributed by atoms with van der Waals surface area (Å²) in [6.07, 6.45) is 1.91. The molecule has 0 heterocycles. The number of nitrogens with zero attached hydrogens (tertiary/aromatic N) is 1. The second-order valence-electron chi connectivity index (χ2n) is 7.43. The van der Waals surface area contributed by atoms with Crippen molar-refractivity contribution in [2.75, 3.05) is 0 Å². The molecular formula is C24H18FNO2. The van der Waals surface area contributed by atoms with Crippen molar-refractivity contribution >= 4 is 11.7 Å². The minimum atomic E-state index is -0.304. The van der Waals surface area contributed by atoms with E-state index in [4.69, 9.17) is 0 Å². The Bertz CT molecular complexity index is 1120. The lowest BCUT2D eigenvalue weighted by molar-refractivity contribution is 0.0729. The minimum Gasteiger partial charge on any atom is -0.331 e. The van der Waals surface area contributed by atoms with Crippen molar-refractivity contribution in [1.82, 2.24) is 4.90 Å². The van der Waals surface area contributed by atoms with Crippen LogP contribution in [0.3, 0.4) is 0 Å². The molecule has 0 atom stereocenters. The first kappa shape index (κ1) is 16.9. The molecule has 0 bridgehead atoms. The first-order valence-corrected chi connectivity index (χ1v) is 9.45. The third kappa shape index (κ3) is 2.82. The Labute approximate surface area is 162 Å². The lowest BCUT2D eigenvalue weighted by atomic mass is 10.0. The van der Waals surface area contributed by atoms with E-state index in [1.54, 1.807) is 23.1 Å². The zero-order chi connectivity index (χ0) is 19.3. The van der Waals surface area contributed by atoms with Crippen molar-refractivity contribution in [3.05, 3.63) is 94.8 Å². The van der Waals surface area contributed by atoms with Crippen molar-refractivity contribution in [3.8, 4) is 11.1 Å². The number of rotatable bonds is 4. The first-order chi connectivity index (χ1) is 13.6. The number of benzene rings is 3. The van der Waals surface area contributed by atoms with E-state index < -0.39 is 0 Å². The van der Waals surface area contributed by atoms with Gasteiger partial charge in [0.2, 0.25) is 0 Å². The van der Waals surface area contributed by atoms with Gasteiger partial charge >= 0.3 is 0 Å². The lowest BCUT2D eigenvalue weighted by Crippen LogP contribution is -2.32. The van der Waals surface area contributed by atoms with E-state index in [9.17, 15) is 14.0 Å². The fraction of sp³-hybridized carbons (Fsp3) is 0.167. The highest BCUT2D eigenvalue weighted by Crippen LogP contribution is 2.37. The Morgan fingerprint density at radius 3 is 2.39 bits per heavy atom. The van der Waals surface area contributed by atoms with Gasteiger partial charge < -0.3 is 4.90 Å². The molecule has 0 N–H and O–H groups in total. The van der Waals surface area contributed by atoms with Crippen LogP contribution in [0.5, 0.6) is 0 Å². The molecule has 0 unspecified atom stereocenters. The largest absolute Gasteiger partial charge is 0.331 e. The Balaban J connectivity index is 1.47. The number of carbonyl (C=O) groups is 2. The van der Waals surface area contributed by atoms with Crippen LogP contribution in [0.4, 0.5) is 4.39 Å². The highest BCUT2D eigenvalue weighted by molar-refractivity contribution is 6.22. The Hall–Kier alpha value is -3.27. The fourth-order valence-corrected chi connectivity index (χ4v) is 3.91. The van der Waals surface area contributed by atoms with Gasteiger partial charge in [0, 0.05) is 29.3 Å². The number of halogens is 1. The molecule has 0 spiro atoms. The van der Waals surface area contributed by atoms with Crippen LogP contribution >= 0.6 is 0 Å². The van der Waals surface area contributed by atoms with Crippen LogP contribution in [-0.4, -0.2) is 22.6 Å². The summed E-state index contributed by atoms with van der Waals surface area (Å²) < 4.78 is 13.5. The van der Waals surface area contributed by atoms with Gasteiger partial charge in [0.25, 0.3) is 5.91 Å². The summed E-state index contributed by atoms with van der Waals surface area (Å²) >= 11 is 0. The van der Waals surface area contributed by atoms with Gasteiger partial charge in [-0.3, -0.25) is 9.59 Å². The highest BCUT2D eigenvalue weighted by atomic mass is 19.1. The van der Waals surface area contributed by atoms with Gasteiger partial charge in [-0.1, -0.05) is 42.5 Å². The monoisotopic (exact) mass is 371 g/mol. The Morgan fingerprint density at radius 1 is 0.893 bits per heavy atom. The number of carbonyl (C=O) groups excluding carboxylic acids is 2. The summed E-state index contributed by atoms with van der Waals surface area (Å²) in [5, 5.41) is 0. The summed E-state index contributed by atoms with van der Waals surface area (Å²) in [6, 6.07) is 19.4. The van der Waals surface area contributed by atoms with Gasteiger partial charge in [-0.2, -0.15) is 0 Å². The van der Waals surface area contributed by atoms with Crippen molar-refractivity contribution < 1.29 is 14.0 Å². The van der Waals surface area contributed by atoms with Crippen molar-refractivity contribution in [1.29, 1.82) is 0 Å². The predicted molar refractivity (Wildman–Crippen MR) is 105 cm³/mol. The normalized spacial score (nSPS) is 14.5. The maximum atomic E-state index is 13.5. The zero-order valence-corrected chi connectivity index (χ0v) is 15.2. The van der Waals surface area contributed by atoms with Gasteiger partial charge in [0.1, 0.15) is 5.82 Å². The van der Waals surface area contributed by atoms with E-state index in [0.29, 0.717) is 23.2 Å². The molecule has 3 aromatic rings. The van der Waals surface area contributed by atoms with E-state index in [2.05, 4.69) is 0 Å². The lowest BCUT2D eigenvalue weighted by Gasteiger charge is -2.23. The van der Waals surface area contributed by atoms with Gasteiger partial charge in [-0.25, -0.2) is 4.39 Å². The Kier molecular flexibility index (Phi) is 3.86. The van der Waals surface area contributed by atoms with Crippen LogP contribution in [0.15, 0.2) is 66.7 Å². The van der Waals surface area contributed by atoms with Gasteiger partial charge in [-0.05, 0) is 53.8 Å². The minimum absolute atomic E-state index is 0.0386. The maximum Gasteiger partial charge on any atom is 0.254 e. The van der Waals surface area contributed by atoms with E-state index in [1.807, 2.05) is 36.4 Å². The summed E-state index contributed by atoms with van der Waals surface area (Å²) in [7, 11) is 0. The third-order valence-electron chi connectivity index (χ3n) is 5.46. The molecule has 1 amide bonds. The molecule has 1 fully saturated rings. The maximum absolute atomic E-state index is 13.5. The van der Waals surface area contributed by atoms with E-state index >= 15 is 0 Å². The van der Waals surface area contributed by atoms with E-state index in [-0.39, 0.29) is 23.5 Å². The summed E-state index contributed by atoms with van der Waals surface area (Å²) in [5.74, 6) is -0.455. The van der Waals surface area contributed by atoms with Crippen LogP contribution in [0.2, 0.25) is 0 Å². The fourth-order valence-electron chi connectivity index (χ4n) is 3.91. The topological polar surface area (TPSA) is 37.4 Å². The molecule has 0 aliphatic heterocycles. The van der Waals surface area contributed by atoms with Gasteiger partial charge in [-0.15, -0.1) is 0 Å². The molecule has 3 aromatic carbocycles. The van der Waals surface area contributed by atoms with Gasteiger partial charge in [0.05, 0.1) is 0 Å². The van der Waals surface area contributed by atoms with Crippen molar-refractivity contribution in [3.63, 3.8) is 0 Å². The molecule has 1 saturated carbocycles. The molecule has 4 heteroatoms. The molecule has 5 rings (SSSR count). The Morgan fingerprint density at radius 2 is 1.64 bits per heavy atom. The van der Waals surface area contributed by atoms with E-state index in [0.717, 1.165) is 29.5 Å². The molecule has 138 valence electrons. The molecule has 0 saturated heterocycles. The van der Waals surface area contributed by atoms with Gasteiger partial charge in [0.15, 0.2) is 5.78 Å². The molecule has 2 aliphatic carbocycles. The number of amides is 1. The number of ketones is 1. The van der Waals surface area contributed by atoms with Crippen LogP contribution in [-0.2, 0) is 6.54 Å². The second-order valence-corrected chi connectivity index (χ2v) is 7.43. The molecule has 0 radical (unpaired) electrons. The zero-order valence-electron chi connectivity index (χ0n) is 15.2. The van der Waals surface area contributed by atoms with E-state index in [1.165, 1.54) is 12.1 Å². The summed E-state index contributed by atoms with van der Waals surface area (Å²) in [4.78, 5) is 27.8. The quantitative estimate of drug-likeness (QED) is 0.515. The number of hydrogen-bond donors (Lipinski definition) is 0. The molecule has 28 heavy (non-hydrogen) atoms. The van der Waals surface area contributed by atoms with Crippen molar-refractivity contribution in [2.24, 2.45) is 0 Å². The third-order valence-corrected chi connectivity index (χ3v) is 5.46. The van der Waals surface area contributed by atoms with Crippen molar-refractivity contribution in [2.45, 2.75) is 25.4 Å². The SMILES string of the molecule is O=C1c2ccccc2-c2ccc(C(=O)N(Cc3cccc(F)c3)C3CC3)cc21. The molecular weight excluding hydrogens is 353 g/mol. The van der Waals surface area contributed by atoms with Crippen LogP contribution < -0.4 is 0 Å². The predicted octanol–water partition coefficient (Wildman–Crippen LogP) is 4.84. The molecule has 0 aromatic heterocycles. The standard InChI is InChI=1S/C24H18FNO2/c25-17-5-3-4-15(12-17)14-26(18-9-10-18)24(28)16-8-11-20-19-6-1-2-7-21(19)23(27)22(20)13-16/h1-8,11-13,18H,9-10,14H2. The number of fused-ring (bicyclic) bond motifs is 3. The molecule has 2 aliphatic rings. The summed E-state index contributed by atoms with van der Waals surface area (Å²) in [6.45, 7) is 0.368. The average Bonchev–Trinajstić information content (AvgIpc) is 3.52. The molecule has 3 nitrogen and oxygen atoms in total. The van der Waals surface area contributed by atoms with Crippen LogP contribution in [0.1, 0.15) is 44.7 Å².